The van der Waals surface area contributed by atoms with E-state index in [-0.39, 0.29) is 4.90 Å². The zero-order valence-corrected chi connectivity index (χ0v) is 17.5. The summed E-state index contributed by atoms with van der Waals surface area (Å²) in [6, 6.07) is 13.4. The van der Waals surface area contributed by atoms with E-state index in [1.54, 1.807) is 48.7 Å². The second-order valence-corrected chi connectivity index (χ2v) is 8.76. The number of aromatic nitrogens is 1. The third kappa shape index (κ3) is 3.37. The van der Waals surface area contributed by atoms with Crippen molar-refractivity contribution in [1.82, 2.24) is 9.71 Å². The Morgan fingerprint density at radius 3 is 2.53 bits per heavy atom. The number of carbonyl (C=O) groups is 1. The number of carbonyl (C=O) groups excluding carboxylic acids is 1. The highest BCUT2D eigenvalue weighted by Gasteiger charge is 2.55. The minimum Gasteiger partial charge on any atom is -0.496 e. The van der Waals surface area contributed by atoms with Gasteiger partial charge in [-0.15, -0.1) is 0 Å². The predicted molar refractivity (Wildman–Crippen MR) is 112 cm³/mol. The van der Waals surface area contributed by atoms with Gasteiger partial charge in [0.15, 0.2) is 0 Å². The van der Waals surface area contributed by atoms with Gasteiger partial charge >= 0.3 is 0 Å². The van der Waals surface area contributed by atoms with Crippen LogP contribution in [0.5, 0.6) is 11.5 Å². The molecule has 1 amide bonds. The fourth-order valence-electron chi connectivity index (χ4n) is 3.73. The number of hydrogen-bond acceptors (Lipinski definition) is 6. The van der Waals surface area contributed by atoms with Gasteiger partial charge in [0.1, 0.15) is 11.5 Å². The summed E-state index contributed by atoms with van der Waals surface area (Å²) >= 11 is 0. The van der Waals surface area contributed by atoms with Crippen molar-refractivity contribution in [3.63, 3.8) is 0 Å². The van der Waals surface area contributed by atoms with Crippen molar-refractivity contribution in [2.24, 2.45) is 0 Å². The predicted octanol–water partition coefficient (Wildman–Crippen LogP) is 3.18. The molecule has 30 heavy (non-hydrogen) atoms. The standard InChI is InChI=1S/C22H22N2O5S/c1-3-29-18-10-5-9-17(28-2)20(18)22(12-13-22)21(25)24-30(26,27)19-11-4-8-16-15(19)7-6-14-23-16/h4-11,14H,3,12-13H2,1-2H3,(H,24,25). The fourth-order valence-corrected chi connectivity index (χ4v) is 5.00. The Bertz CT molecular complexity index is 1210. The Hall–Kier alpha value is -3.13. The van der Waals surface area contributed by atoms with Crippen molar-refractivity contribution in [3.8, 4) is 11.5 Å². The number of nitrogens with one attached hydrogen (secondary N) is 1. The van der Waals surface area contributed by atoms with Gasteiger partial charge in [0.2, 0.25) is 5.91 Å². The van der Waals surface area contributed by atoms with Crippen LogP contribution in [-0.2, 0) is 20.2 Å². The molecule has 1 aliphatic carbocycles. The lowest BCUT2D eigenvalue weighted by molar-refractivity contribution is -0.121. The largest absolute Gasteiger partial charge is 0.496 e. The lowest BCUT2D eigenvalue weighted by Gasteiger charge is -2.22. The maximum atomic E-state index is 13.3. The van der Waals surface area contributed by atoms with Gasteiger partial charge in [0.05, 0.1) is 35.1 Å². The summed E-state index contributed by atoms with van der Waals surface area (Å²) in [4.78, 5) is 17.5. The van der Waals surface area contributed by atoms with E-state index in [0.29, 0.717) is 47.4 Å². The molecule has 1 saturated carbocycles. The van der Waals surface area contributed by atoms with E-state index in [2.05, 4.69) is 9.71 Å². The number of ether oxygens (including phenoxy) is 2. The van der Waals surface area contributed by atoms with Gasteiger partial charge in [0, 0.05) is 11.6 Å². The molecule has 2 aromatic carbocycles. The Morgan fingerprint density at radius 1 is 1.10 bits per heavy atom. The molecule has 0 radical (unpaired) electrons. The first kappa shape index (κ1) is 20.2. The summed E-state index contributed by atoms with van der Waals surface area (Å²) in [7, 11) is -2.59. The van der Waals surface area contributed by atoms with Gasteiger partial charge in [-0.25, -0.2) is 13.1 Å². The van der Waals surface area contributed by atoms with Crippen LogP contribution in [0.3, 0.4) is 0 Å². The van der Waals surface area contributed by atoms with Crippen molar-refractivity contribution in [2.75, 3.05) is 13.7 Å². The first-order chi connectivity index (χ1) is 14.4. The first-order valence-corrected chi connectivity index (χ1v) is 11.1. The smallest absolute Gasteiger partial charge is 0.264 e. The van der Waals surface area contributed by atoms with Crippen LogP contribution < -0.4 is 14.2 Å². The second kappa shape index (κ2) is 7.60. The molecule has 0 unspecified atom stereocenters. The molecular formula is C22H22N2O5S. The van der Waals surface area contributed by atoms with Crippen molar-refractivity contribution < 1.29 is 22.7 Å². The zero-order valence-electron chi connectivity index (χ0n) is 16.7. The van der Waals surface area contributed by atoms with Gasteiger partial charge in [-0.1, -0.05) is 12.1 Å². The van der Waals surface area contributed by atoms with Crippen molar-refractivity contribution in [2.45, 2.75) is 30.1 Å². The summed E-state index contributed by atoms with van der Waals surface area (Å²) in [6.07, 6.45) is 2.60. The monoisotopic (exact) mass is 426 g/mol. The van der Waals surface area contributed by atoms with Crippen LogP contribution in [0, 0.1) is 0 Å². The zero-order chi connectivity index (χ0) is 21.4. The molecule has 0 spiro atoms. The normalized spacial score (nSPS) is 14.9. The Labute approximate surface area is 175 Å². The van der Waals surface area contributed by atoms with Crippen LogP contribution in [-0.4, -0.2) is 33.0 Å². The number of rotatable bonds is 7. The van der Waals surface area contributed by atoms with Gasteiger partial charge in [-0.2, -0.15) is 0 Å². The fraction of sp³-hybridized carbons (Fsp3) is 0.273. The van der Waals surface area contributed by atoms with E-state index < -0.39 is 21.3 Å². The summed E-state index contributed by atoms with van der Waals surface area (Å²) in [5.41, 5.74) is 0.117. The number of methoxy groups -OCH3 is 1. The summed E-state index contributed by atoms with van der Waals surface area (Å²) in [5.74, 6) is 0.436. The van der Waals surface area contributed by atoms with E-state index in [9.17, 15) is 13.2 Å². The molecule has 3 aromatic rings. The van der Waals surface area contributed by atoms with Gasteiger partial charge < -0.3 is 9.47 Å². The summed E-state index contributed by atoms with van der Waals surface area (Å²) < 4.78 is 39.7. The molecule has 156 valence electrons. The van der Waals surface area contributed by atoms with Gasteiger partial charge in [0.25, 0.3) is 10.0 Å². The third-order valence-electron chi connectivity index (χ3n) is 5.29. The number of hydrogen-bond donors (Lipinski definition) is 1. The van der Waals surface area contributed by atoms with Crippen LogP contribution in [0.25, 0.3) is 10.9 Å². The van der Waals surface area contributed by atoms with Crippen LogP contribution in [0.4, 0.5) is 0 Å². The SMILES string of the molecule is CCOc1cccc(OC)c1C1(C(=O)NS(=O)(=O)c2cccc3ncccc23)CC1. The quantitative estimate of drug-likeness (QED) is 0.624. The van der Waals surface area contributed by atoms with Gasteiger partial charge in [-0.05, 0) is 56.2 Å². The van der Waals surface area contributed by atoms with E-state index in [1.807, 2.05) is 6.92 Å². The molecule has 1 aromatic heterocycles. The average Bonchev–Trinajstić information content (AvgIpc) is 3.55. The van der Waals surface area contributed by atoms with E-state index in [1.165, 1.54) is 13.2 Å². The average molecular weight is 426 g/mol. The molecule has 1 fully saturated rings. The number of sulfonamides is 1. The third-order valence-corrected chi connectivity index (χ3v) is 6.68. The second-order valence-electron chi connectivity index (χ2n) is 7.11. The van der Waals surface area contributed by atoms with E-state index in [0.717, 1.165) is 0 Å². The molecule has 1 heterocycles. The lowest BCUT2D eigenvalue weighted by Crippen LogP contribution is -2.39. The highest BCUT2D eigenvalue weighted by atomic mass is 32.2. The highest BCUT2D eigenvalue weighted by Crippen LogP contribution is 2.55. The minimum absolute atomic E-state index is 0.0160. The molecule has 7 nitrogen and oxygen atoms in total. The molecule has 1 N–H and O–H groups in total. The molecule has 1 aliphatic rings. The van der Waals surface area contributed by atoms with Crippen molar-refractivity contribution >= 4 is 26.8 Å². The van der Waals surface area contributed by atoms with Crippen LogP contribution in [0.2, 0.25) is 0 Å². The molecule has 0 aliphatic heterocycles. The van der Waals surface area contributed by atoms with Crippen LogP contribution >= 0.6 is 0 Å². The van der Waals surface area contributed by atoms with Gasteiger partial charge in [-0.3, -0.25) is 9.78 Å². The Balaban J connectivity index is 1.72. The van der Waals surface area contributed by atoms with E-state index in [4.69, 9.17) is 9.47 Å². The topological polar surface area (TPSA) is 94.6 Å². The van der Waals surface area contributed by atoms with Crippen LogP contribution in [0.1, 0.15) is 25.3 Å². The first-order valence-electron chi connectivity index (χ1n) is 9.64. The Kier molecular flexibility index (Phi) is 5.11. The summed E-state index contributed by atoms with van der Waals surface area (Å²) in [5, 5.41) is 0.456. The number of benzene rings is 2. The number of amides is 1. The number of fused-ring (bicyclic) bond motifs is 1. The maximum absolute atomic E-state index is 13.3. The molecule has 4 rings (SSSR count). The maximum Gasteiger partial charge on any atom is 0.264 e. The number of pyridine rings is 1. The molecule has 0 saturated heterocycles. The van der Waals surface area contributed by atoms with E-state index >= 15 is 0 Å². The minimum atomic E-state index is -4.10. The molecule has 8 heteroatoms. The highest BCUT2D eigenvalue weighted by molar-refractivity contribution is 7.90. The molecule has 0 bridgehead atoms. The van der Waals surface area contributed by atoms with Crippen LogP contribution in [0.15, 0.2) is 59.6 Å². The molecule has 0 atom stereocenters. The Morgan fingerprint density at radius 2 is 1.83 bits per heavy atom. The molecular weight excluding hydrogens is 404 g/mol. The number of nitrogens with zero attached hydrogens (tertiary/aromatic N) is 1. The lowest BCUT2D eigenvalue weighted by atomic mass is 9.93. The van der Waals surface area contributed by atoms with Crippen molar-refractivity contribution in [1.29, 1.82) is 0 Å². The summed E-state index contributed by atoms with van der Waals surface area (Å²) in [6.45, 7) is 2.26. The van der Waals surface area contributed by atoms with Crippen molar-refractivity contribution in [3.05, 3.63) is 60.3 Å².